The van der Waals surface area contributed by atoms with Crippen LogP contribution in [-0.4, -0.2) is 0 Å². The van der Waals surface area contributed by atoms with Gasteiger partial charge in [0, 0.05) is 10.8 Å². The van der Waals surface area contributed by atoms with Gasteiger partial charge in [-0.1, -0.05) is 85.0 Å². The Morgan fingerprint density at radius 2 is 0.792 bits per heavy atom. The van der Waals surface area contributed by atoms with E-state index < -0.39 is 0 Å². The Morgan fingerprint density at radius 3 is 1.12 bits per heavy atom. The van der Waals surface area contributed by atoms with Crippen LogP contribution in [0.3, 0.4) is 0 Å². The van der Waals surface area contributed by atoms with E-state index in [9.17, 15) is 0 Å². The molecule has 0 heteroatoms. The van der Waals surface area contributed by atoms with E-state index in [-0.39, 0.29) is 0 Å². The van der Waals surface area contributed by atoms with Crippen molar-refractivity contribution >= 4 is 11.1 Å². The van der Waals surface area contributed by atoms with Crippen LogP contribution < -0.4 is 0 Å². The summed E-state index contributed by atoms with van der Waals surface area (Å²) in [6.45, 7) is 0. The zero-order valence-corrected chi connectivity index (χ0v) is 13.9. The van der Waals surface area contributed by atoms with E-state index in [0.29, 0.717) is 10.8 Å². The van der Waals surface area contributed by atoms with Crippen LogP contribution in [0.25, 0.3) is 11.1 Å². The van der Waals surface area contributed by atoms with Crippen LogP contribution >= 0.6 is 0 Å². The Kier molecular flexibility index (Phi) is 2.97. The van der Waals surface area contributed by atoms with Crippen LogP contribution in [0.15, 0.2) is 85.0 Å². The van der Waals surface area contributed by atoms with Gasteiger partial charge in [0.15, 0.2) is 0 Å². The Morgan fingerprint density at radius 1 is 0.458 bits per heavy atom. The summed E-state index contributed by atoms with van der Waals surface area (Å²) in [7, 11) is 0. The number of allylic oxidation sites excluding steroid dienone is 6. The van der Waals surface area contributed by atoms with Crippen molar-refractivity contribution in [3.63, 3.8) is 0 Å². The van der Waals surface area contributed by atoms with Gasteiger partial charge >= 0.3 is 0 Å². The van der Waals surface area contributed by atoms with Gasteiger partial charge in [0.1, 0.15) is 0 Å². The Balaban J connectivity index is 1.81. The van der Waals surface area contributed by atoms with Crippen molar-refractivity contribution in [2.24, 2.45) is 10.8 Å². The van der Waals surface area contributed by atoms with Gasteiger partial charge in [-0.25, -0.2) is 0 Å². The summed E-state index contributed by atoms with van der Waals surface area (Å²) in [5.41, 5.74) is 6.62. The van der Waals surface area contributed by atoms with E-state index in [1.165, 1.54) is 36.8 Å². The molecule has 0 bridgehead atoms. The summed E-state index contributed by atoms with van der Waals surface area (Å²) < 4.78 is 0. The largest absolute Gasteiger partial charge is 0.0876 e. The number of benzene rings is 2. The van der Waals surface area contributed by atoms with E-state index in [2.05, 4.69) is 85.0 Å². The van der Waals surface area contributed by atoms with Gasteiger partial charge in [0.25, 0.3) is 0 Å². The van der Waals surface area contributed by atoms with E-state index >= 15 is 0 Å². The zero-order chi connectivity index (χ0) is 16.0. The molecular formula is C24H22. The molecule has 0 nitrogen and oxygen atoms in total. The van der Waals surface area contributed by atoms with Crippen LogP contribution in [-0.2, 0) is 0 Å². The molecule has 0 atom stereocenters. The molecule has 0 saturated heterocycles. The van der Waals surface area contributed by atoms with Crippen molar-refractivity contribution in [3.8, 4) is 0 Å². The molecule has 0 radical (unpaired) electrons. The summed E-state index contributed by atoms with van der Waals surface area (Å²) in [5, 5.41) is 0. The average molecular weight is 310 g/mol. The monoisotopic (exact) mass is 310 g/mol. The average Bonchev–Trinajstić information content (AvgIpc) is 2.64. The van der Waals surface area contributed by atoms with Crippen LogP contribution in [0.4, 0.5) is 0 Å². The summed E-state index contributed by atoms with van der Waals surface area (Å²) in [4.78, 5) is 0. The molecule has 0 heterocycles. The molecule has 0 saturated carbocycles. The maximum Gasteiger partial charge on any atom is 0.0134 e. The molecule has 0 fully saturated rings. The number of hydrogen-bond donors (Lipinski definition) is 0. The summed E-state index contributed by atoms with van der Waals surface area (Å²) in [6.07, 6.45) is 14.4. The zero-order valence-electron chi connectivity index (χ0n) is 13.9. The van der Waals surface area contributed by atoms with E-state index in [1.54, 1.807) is 11.1 Å². The minimum absolute atomic E-state index is 0.295. The molecule has 3 aliphatic rings. The minimum Gasteiger partial charge on any atom is -0.0876 e. The van der Waals surface area contributed by atoms with Crippen LogP contribution in [0.2, 0.25) is 0 Å². The van der Waals surface area contributed by atoms with E-state index in [4.69, 9.17) is 0 Å². The van der Waals surface area contributed by atoms with Gasteiger partial charge < -0.3 is 0 Å². The molecule has 118 valence electrons. The van der Waals surface area contributed by atoms with Gasteiger partial charge in [0.2, 0.25) is 0 Å². The highest BCUT2D eigenvalue weighted by Crippen LogP contribution is 2.76. The number of hydrogen-bond acceptors (Lipinski definition) is 0. The summed E-state index contributed by atoms with van der Waals surface area (Å²) in [5.74, 6) is 0. The van der Waals surface area contributed by atoms with Crippen molar-refractivity contribution in [2.75, 3.05) is 0 Å². The Labute approximate surface area is 144 Å². The summed E-state index contributed by atoms with van der Waals surface area (Å²) in [6, 6.07) is 22.2. The third-order valence-electron chi connectivity index (χ3n) is 6.45. The lowest BCUT2D eigenvalue weighted by atomic mass is 9.38. The third kappa shape index (κ3) is 1.64. The number of rotatable bonds is 2. The molecule has 0 amide bonds. The second-order valence-electron chi connectivity index (χ2n) is 7.41. The van der Waals surface area contributed by atoms with Gasteiger partial charge in [-0.2, -0.15) is 0 Å². The van der Waals surface area contributed by atoms with E-state index in [0.717, 1.165) is 0 Å². The predicted octanol–water partition coefficient (Wildman–Crippen LogP) is 6.28. The molecule has 0 unspecified atom stereocenters. The molecule has 0 aliphatic heterocycles. The van der Waals surface area contributed by atoms with Crippen molar-refractivity contribution in [3.05, 3.63) is 96.1 Å². The summed E-state index contributed by atoms with van der Waals surface area (Å²) >= 11 is 0. The standard InChI is InChI=1S/C24H22/c1-3-11-19(12-4-1)21-22(20-13-5-2-6-14-20)24-17-9-7-15-23(21,24)16-8-10-18-24/h1-14H,15-18H2. The molecule has 0 N–H and O–H groups in total. The van der Waals surface area contributed by atoms with Gasteiger partial charge in [0.05, 0.1) is 0 Å². The van der Waals surface area contributed by atoms with Gasteiger partial charge in [-0.3, -0.25) is 0 Å². The lowest BCUT2D eigenvalue weighted by Gasteiger charge is -2.65. The first kappa shape index (κ1) is 14.0. The molecule has 0 spiro atoms. The lowest BCUT2D eigenvalue weighted by Crippen LogP contribution is -2.53. The molecule has 24 heavy (non-hydrogen) atoms. The maximum atomic E-state index is 2.42. The molecule has 3 aliphatic carbocycles. The maximum absolute atomic E-state index is 2.42. The van der Waals surface area contributed by atoms with Crippen LogP contribution in [0.1, 0.15) is 36.8 Å². The normalized spacial score (nSPS) is 30.5. The van der Waals surface area contributed by atoms with Crippen molar-refractivity contribution in [1.82, 2.24) is 0 Å². The Hall–Kier alpha value is -2.34. The van der Waals surface area contributed by atoms with Gasteiger partial charge in [-0.05, 0) is 48.0 Å². The van der Waals surface area contributed by atoms with E-state index in [1.807, 2.05) is 0 Å². The fourth-order valence-electron chi connectivity index (χ4n) is 5.44. The first-order chi connectivity index (χ1) is 11.9. The molecule has 2 aromatic carbocycles. The molecular weight excluding hydrogens is 288 g/mol. The fraction of sp³-hybridized carbons (Fsp3) is 0.250. The highest BCUT2D eigenvalue weighted by molar-refractivity contribution is 6.05. The van der Waals surface area contributed by atoms with Crippen molar-refractivity contribution < 1.29 is 0 Å². The first-order valence-corrected chi connectivity index (χ1v) is 9.04. The molecule has 5 rings (SSSR count). The minimum atomic E-state index is 0.295. The fourth-order valence-corrected chi connectivity index (χ4v) is 5.44. The quantitative estimate of drug-likeness (QED) is 0.572. The third-order valence-corrected chi connectivity index (χ3v) is 6.45. The smallest absolute Gasteiger partial charge is 0.0134 e. The van der Waals surface area contributed by atoms with Crippen molar-refractivity contribution in [2.45, 2.75) is 25.7 Å². The van der Waals surface area contributed by atoms with Crippen molar-refractivity contribution in [1.29, 1.82) is 0 Å². The second-order valence-corrected chi connectivity index (χ2v) is 7.41. The highest BCUT2D eigenvalue weighted by atomic mass is 14.7. The topological polar surface area (TPSA) is 0 Å². The highest BCUT2D eigenvalue weighted by Gasteiger charge is 2.63. The van der Waals surface area contributed by atoms with Crippen LogP contribution in [0.5, 0.6) is 0 Å². The lowest BCUT2D eigenvalue weighted by molar-refractivity contribution is 0.121. The van der Waals surface area contributed by atoms with Gasteiger partial charge in [-0.15, -0.1) is 0 Å². The molecule has 2 aromatic rings. The molecule has 0 aromatic heterocycles. The van der Waals surface area contributed by atoms with Crippen LogP contribution in [0, 0.1) is 10.8 Å². The SMILES string of the molecule is C1=CCC23CC=CCC2(C1)C(c1ccccc1)=C3c1ccccc1. The first-order valence-electron chi connectivity index (χ1n) is 9.04. The Bertz CT molecular complexity index is 760. The second kappa shape index (κ2) is 5.08. The predicted molar refractivity (Wildman–Crippen MR) is 101 cm³/mol.